The molecular formula is C18H19N3O5S. The van der Waals surface area contributed by atoms with Crippen molar-refractivity contribution >= 4 is 27.2 Å². The number of primary sulfonamides is 1. The number of hydrogen-bond donors (Lipinski definition) is 1. The fourth-order valence-electron chi connectivity index (χ4n) is 3.40. The number of nitrogens with two attached hydrogens (primary N) is 1. The number of carbonyl (C=O) groups is 1. The third-order valence-corrected chi connectivity index (χ3v) is 5.43. The maximum absolute atomic E-state index is 12.6. The second kappa shape index (κ2) is 7.45. The van der Waals surface area contributed by atoms with E-state index in [-0.39, 0.29) is 22.8 Å². The maximum atomic E-state index is 12.6. The summed E-state index contributed by atoms with van der Waals surface area (Å²) in [5.41, 5.74) is 0.723. The van der Waals surface area contributed by atoms with E-state index in [1.54, 1.807) is 35.2 Å². The minimum atomic E-state index is -3.70. The molecule has 0 aliphatic carbocycles. The Morgan fingerprint density at radius 3 is 2.52 bits per heavy atom. The third kappa shape index (κ3) is 4.32. The van der Waals surface area contributed by atoms with Crippen LogP contribution in [0.4, 0.5) is 11.4 Å². The zero-order chi connectivity index (χ0) is 19.6. The van der Waals surface area contributed by atoms with Crippen molar-refractivity contribution in [1.82, 2.24) is 0 Å². The molecule has 0 saturated carbocycles. The number of hydrogen-bond acceptors (Lipinski definition) is 6. The fourth-order valence-corrected chi connectivity index (χ4v) is 4.29. The molecule has 2 aromatic rings. The number of carbonyl (C=O) groups excluding carboxylic acids is 1. The normalized spacial score (nSPS) is 17.1. The second-order valence-electron chi connectivity index (χ2n) is 6.47. The molecule has 2 N–H and O–H groups in total. The molecule has 0 amide bonds. The largest absolute Gasteiger partial charge is 0.362 e. The molecule has 0 aromatic heterocycles. The van der Waals surface area contributed by atoms with Crippen LogP contribution < -0.4 is 10.0 Å². The zero-order valence-corrected chi connectivity index (χ0v) is 15.3. The zero-order valence-electron chi connectivity index (χ0n) is 14.4. The fraction of sp³-hybridized carbons (Fsp3) is 0.278. The first-order chi connectivity index (χ1) is 12.8. The first kappa shape index (κ1) is 19.0. The van der Waals surface area contributed by atoms with Crippen LogP contribution in [-0.4, -0.2) is 37.5 Å². The Morgan fingerprint density at radius 2 is 1.89 bits per heavy atom. The van der Waals surface area contributed by atoms with Gasteiger partial charge in [-0.25, -0.2) is 13.6 Å². The van der Waals surface area contributed by atoms with Crippen molar-refractivity contribution in [3.05, 3.63) is 69.8 Å². The second-order valence-corrected chi connectivity index (χ2v) is 8.13. The highest BCUT2D eigenvalue weighted by Gasteiger charge is 2.32. The van der Waals surface area contributed by atoms with E-state index >= 15 is 0 Å². The lowest BCUT2D eigenvalue weighted by atomic mass is 10.0. The Balaban J connectivity index is 1.97. The number of rotatable bonds is 6. The highest BCUT2D eigenvalue weighted by Crippen LogP contribution is 2.35. The molecule has 1 atom stereocenters. The van der Waals surface area contributed by atoms with Crippen LogP contribution >= 0.6 is 0 Å². The molecule has 1 heterocycles. The Labute approximate surface area is 156 Å². The molecule has 1 unspecified atom stereocenters. The van der Waals surface area contributed by atoms with E-state index in [0.29, 0.717) is 30.6 Å². The number of nitro groups is 1. The van der Waals surface area contributed by atoms with Gasteiger partial charge in [-0.3, -0.25) is 14.9 Å². The summed E-state index contributed by atoms with van der Waals surface area (Å²) >= 11 is 0. The smallest absolute Gasteiger partial charge is 0.293 e. The Hall–Kier alpha value is -2.78. The molecule has 142 valence electrons. The van der Waals surface area contributed by atoms with Gasteiger partial charge >= 0.3 is 0 Å². The van der Waals surface area contributed by atoms with E-state index in [1.165, 1.54) is 18.2 Å². The van der Waals surface area contributed by atoms with Gasteiger partial charge in [0, 0.05) is 29.8 Å². The van der Waals surface area contributed by atoms with E-state index in [1.807, 2.05) is 0 Å². The van der Waals surface area contributed by atoms with E-state index in [4.69, 9.17) is 5.14 Å². The van der Waals surface area contributed by atoms with Crippen LogP contribution in [0.1, 0.15) is 28.8 Å². The van der Waals surface area contributed by atoms with Crippen molar-refractivity contribution in [2.45, 2.75) is 18.9 Å². The van der Waals surface area contributed by atoms with Crippen LogP contribution in [0.25, 0.3) is 0 Å². The van der Waals surface area contributed by atoms with Gasteiger partial charge in [0.05, 0.1) is 10.7 Å². The summed E-state index contributed by atoms with van der Waals surface area (Å²) in [6.07, 6.45) is 1.29. The number of sulfonamides is 1. The Morgan fingerprint density at radius 1 is 1.19 bits per heavy atom. The van der Waals surface area contributed by atoms with Crippen LogP contribution in [0, 0.1) is 10.1 Å². The number of nitro benzene ring substituents is 1. The quantitative estimate of drug-likeness (QED) is 0.458. The standard InChI is InChI=1S/C18H19N3O5S/c19-27(25,26)12-15-7-4-10-20(15)16-9-8-14(11-17(16)21(23)24)18(22)13-5-2-1-3-6-13/h1-3,5-6,8-9,11,15H,4,7,10,12H2,(H2,19,25,26). The lowest BCUT2D eigenvalue weighted by Crippen LogP contribution is -2.37. The van der Waals surface area contributed by atoms with Crippen LogP contribution in [0.5, 0.6) is 0 Å². The maximum Gasteiger partial charge on any atom is 0.293 e. The van der Waals surface area contributed by atoms with Gasteiger partial charge in [0.2, 0.25) is 10.0 Å². The van der Waals surface area contributed by atoms with Gasteiger partial charge in [-0.2, -0.15) is 0 Å². The molecule has 0 bridgehead atoms. The van der Waals surface area contributed by atoms with Crippen LogP contribution in [0.2, 0.25) is 0 Å². The average Bonchev–Trinajstić information content (AvgIpc) is 3.07. The van der Waals surface area contributed by atoms with Gasteiger partial charge in [0.15, 0.2) is 5.78 Å². The van der Waals surface area contributed by atoms with E-state index in [0.717, 1.165) is 0 Å². The third-order valence-electron chi connectivity index (χ3n) is 4.58. The Bertz CT molecular complexity index is 976. The molecule has 2 aromatic carbocycles. The van der Waals surface area contributed by atoms with Gasteiger partial charge in [-0.1, -0.05) is 30.3 Å². The highest BCUT2D eigenvalue weighted by atomic mass is 32.2. The van der Waals surface area contributed by atoms with Gasteiger partial charge < -0.3 is 4.90 Å². The predicted octanol–water partition coefficient (Wildman–Crippen LogP) is 2.08. The van der Waals surface area contributed by atoms with Crippen LogP contribution in [0.15, 0.2) is 48.5 Å². The molecule has 1 aliphatic heterocycles. The molecule has 9 heteroatoms. The van der Waals surface area contributed by atoms with E-state index < -0.39 is 21.0 Å². The van der Waals surface area contributed by atoms with Crippen molar-refractivity contribution < 1.29 is 18.1 Å². The highest BCUT2D eigenvalue weighted by molar-refractivity contribution is 7.89. The molecule has 27 heavy (non-hydrogen) atoms. The molecule has 0 spiro atoms. The first-order valence-corrected chi connectivity index (χ1v) is 10.1. The lowest BCUT2D eigenvalue weighted by molar-refractivity contribution is -0.384. The average molecular weight is 389 g/mol. The number of benzene rings is 2. The summed E-state index contributed by atoms with van der Waals surface area (Å²) in [6, 6.07) is 12.4. The molecule has 3 rings (SSSR count). The number of nitrogens with zero attached hydrogens (tertiary/aromatic N) is 2. The monoisotopic (exact) mass is 389 g/mol. The lowest BCUT2D eigenvalue weighted by Gasteiger charge is -2.26. The molecule has 8 nitrogen and oxygen atoms in total. The summed E-state index contributed by atoms with van der Waals surface area (Å²) in [5.74, 6) is -0.581. The summed E-state index contributed by atoms with van der Waals surface area (Å²) in [7, 11) is -3.70. The summed E-state index contributed by atoms with van der Waals surface area (Å²) in [5, 5.41) is 16.8. The van der Waals surface area contributed by atoms with Crippen molar-refractivity contribution in [2.24, 2.45) is 5.14 Å². The molecular weight excluding hydrogens is 370 g/mol. The van der Waals surface area contributed by atoms with E-state index in [9.17, 15) is 23.3 Å². The van der Waals surface area contributed by atoms with Crippen LogP contribution in [-0.2, 0) is 10.0 Å². The minimum absolute atomic E-state index is 0.207. The first-order valence-electron chi connectivity index (χ1n) is 8.41. The van der Waals surface area contributed by atoms with Crippen molar-refractivity contribution in [3.8, 4) is 0 Å². The minimum Gasteiger partial charge on any atom is -0.362 e. The number of anilines is 1. The van der Waals surface area contributed by atoms with Crippen molar-refractivity contribution in [1.29, 1.82) is 0 Å². The molecule has 1 fully saturated rings. The summed E-state index contributed by atoms with van der Waals surface area (Å²) in [4.78, 5) is 25.3. The SMILES string of the molecule is NS(=O)(=O)CC1CCCN1c1ccc(C(=O)c2ccccc2)cc1[N+](=O)[O-]. The van der Waals surface area contributed by atoms with E-state index in [2.05, 4.69) is 0 Å². The van der Waals surface area contributed by atoms with Crippen LogP contribution in [0.3, 0.4) is 0 Å². The molecule has 1 aliphatic rings. The van der Waals surface area contributed by atoms with Gasteiger partial charge in [0.1, 0.15) is 5.69 Å². The molecule has 1 saturated heterocycles. The number of ketones is 1. The van der Waals surface area contributed by atoms with Gasteiger partial charge in [-0.15, -0.1) is 0 Å². The van der Waals surface area contributed by atoms with Gasteiger partial charge in [-0.05, 0) is 25.0 Å². The van der Waals surface area contributed by atoms with Crippen molar-refractivity contribution in [3.63, 3.8) is 0 Å². The van der Waals surface area contributed by atoms with Crippen molar-refractivity contribution in [2.75, 3.05) is 17.2 Å². The Kier molecular flexibility index (Phi) is 5.24. The summed E-state index contributed by atoms with van der Waals surface area (Å²) < 4.78 is 22.9. The topological polar surface area (TPSA) is 124 Å². The molecule has 0 radical (unpaired) electrons. The predicted molar refractivity (Wildman–Crippen MR) is 101 cm³/mol. The van der Waals surface area contributed by atoms with Gasteiger partial charge in [0.25, 0.3) is 5.69 Å². The summed E-state index contributed by atoms with van der Waals surface area (Å²) in [6.45, 7) is 0.493.